The highest BCUT2D eigenvalue weighted by Gasteiger charge is 2.29. The molecule has 3 aromatic rings. The Morgan fingerprint density at radius 3 is 2.29 bits per heavy atom. The van der Waals surface area contributed by atoms with Gasteiger partial charge in [0.05, 0.1) is 5.56 Å². The molecule has 3 rings (SSSR count). The molecule has 0 saturated heterocycles. The number of carbonyl (C=O) groups is 1. The molecule has 1 N–H and O–H groups in total. The lowest BCUT2D eigenvalue weighted by atomic mass is 10.1. The fourth-order valence-electron chi connectivity index (χ4n) is 2.31. The van der Waals surface area contributed by atoms with Gasteiger partial charge in [-0.2, -0.15) is 13.2 Å². The number of aromatic nitrogens is 2. The van der Waals surface area contributed by atoms with Gasteiger partial charge < -0.3 is 0 Å². The maximum atomic E-state index is 12.6. The number of rotatable bonds is 6. The molecule has 2 aromatic carbocycles. The zero-order valence-electron chi connectivity index (χ0n) is 14.8. The summed E-state index contributed by atoms with van der Waals surface area (Å²) >= 11 is 2.57. The van der Waals surface area contributed by atoms with Crippen molar-refractivity contribution in [3.05, 3.63) is 70.8 Å². The van der Waals surface area contributed by atoms with Crippen molar-refractivity contribution in [2.24, 2.45) is 0 Å². The Bertz CT molecular complexity index is 938. The minimum Gasteiger partial charge on any atom is -0.296 e. The van der Waals surface area contributed by atoms with Crippen molar-refractivity contribution in [2.45, 2.75) is 29.6 Å². The van der Waals surface area contributed by atoms with Crippen LogP contribution >= 0.6 is 23.1 Å². The van der Waals surface area contributed by atoms with E-state index in [0.29, 0.717) is 20.8 Å². The summed E-state index contributed by atoms with van der Waals surface area (Å²) < 4.78 is 38.4. The molecule has 0 atom stereocenters. The van der Waals surface area contributed by atoms with Crippen LogP contribution in [0.1, 0.15) is 34.0 Å². The summed E-state index contributed by atoms with van der Waals surface area (Å²) in [6.45, 7) is 2.04. The van der Waals surface area contributed by atoms with Crippen LogP contribution < -0.4 is 5.32 Å². The Kier molecular flexibility index (Phi) is 6.35. The van der Waals surface area contributed by atoms with Gasteiger partial charge in [-0.05, 0) is 41.8 Å². The molecule has 1 aromatic heterocycles. The lowest BCUT2D eigenvalue weighted by Crippen LogP contribution is -2.11. The Hall–Kier alpha value is -2.39. The Labute approximate surface area is 168 Å². The first kappa shape index (κ1) is 20.3. The average Bonchev–Trinajstić information content (AvgIpc) is 3.13. The van der Waals surface area contributed by atoms with E-state index < -0.39 is 11.7 Å². The molecule has 0 saturated carbocycles. The molecular formula is C19H16F3N3OS2. The molecule has 146 valence electrons. The Balaban J connectivity index is 1.55. The minimum atomic E-state index is -4.34. The smallest absolute Gasteiger partial charge is 0.296 e. The van der Waals surface area contributed by atoms with Crippen molar-refractivity contribution in [3.63, 3.8) is 0 Å². The molecule has 0 aliphatic carbocycles. The molecule has 0 bridgehead atoms. The number of nitrogens with zero attached hydrogens (tertiary/aromatic N) is 2. The number of halogens is 3. The third kappa shape index (κ3) is 5.32. The van der Waals surface area contributed by atoms with E-state index in [1.807, 2.05) is 19.1 Å². The van der Waals surface area contributed by atoms with E-state index in [1.165, 1.54) is 35.2 Å². The number of alkyl halides is 3. The van der Waals surface area contributed by atoms with Gasteiger partial charge in [0.1, 0.15) is 0 Å². The van der Waals surface area contributed by atoms with Gasteiger partial charge in [-0.1, -0.05) is 54.3 Å². The normalized spacial score (nSPS) is 11.4. The number of carbonyl (C=O) groups excluding carboxylic acids is 1. The molecule has 0 fully saturated rings. The fraction of sp³-hybridized carbons (Fsp3) is 0.211. The fourth-order valence-corrected chi connectivity index (χ4v) is 4.02. The summed E-state index contributed by atoms with van der Waals surface area (Å²) in [6.07, 6.45) is -3.44. The Morgan fingerprint density at radius 2 is 1.68 bits per heavy atom. The molecule has 1 heterocycles. The highest BCUT2D eigenvalue weighted by Crippen LogP contribution is 2.31. The maximum absolute atomic E-state index is 12.6. The first-order valence-electron chi connectivity index (χ1n) is 8.38. The predicted octanol–water partition coefficient (Wildman–Crippen LogP) is 5.66. The van der Waals surface area contributed by atoms with Crippen LogP contribution in [0, 0.1) is 0 Å². The molecule has 0 radical (unpaired) electrons. The molecule has 9 heteroatoms. The summed E-state index contributed by atoms with van der Waals surface area (Å²) in [7, 11) is 0. The molecule has 0 unspecified atom stereocenters. The van der Waals surface area contributed by atoms with Gasteiger partial charge in [0.2, 0.25) is 5.13 Å². The molecule has 1 amide bonds. The highest BCUT2D eigenvalue weighted by atomic mass is 32.2. The van der Waals surface area contributed by atoms with Crippen LogP contribution in [-0.4, -0.2) is 16.1 Å². The highest BCUT2D eigenvalue weighted by molar-refractivity contribution is 8.00. The van der Waals surface area contributed by atoms with E-state index in [0.717, 1.165) is 29.7 Å². The van der Waals surface area contributed by atoms with Crippen molar-refractivity contribution in [1.82, 2.24) is 10.2 Å². The maximum Gasteiger partial charge on any atom is 0.416 e. The van der Waals surface area contributed by atoms with E-state index in [-0.39, 0.29) is 5.91 Å². The lowest BCUT2D eigenvalue weighted by molar-refractivity contribution is -0.137. The van der Waals surface area contributed by atoms with Gasteiger partial charge in [-0.15, -0.1) is 10.2 Å². The molecular weight excluding hydrogens is 407 g/mol. The lowest BCUT2D eigenvalue weighted by Gasteiger charge is -2.06. The van der Waals surface area contributed by atoms with Gasteiger partial charge in [0.25, 0.3) is 5.91 Å². The van der Waals surface area contributed by atoms with Crippen LogP contribution in [0.25, 0.3) is 0 Å². The van der Waals surface area contributed by atoms with Gasteiger partial charge in [-0.3, -0.25) is 10.1 Å². The van der Waals surface area contributed by atoms with Crippen LogP contribution in [0.5, 0.6) is 0 Å². The standard InChI is InChI=1S/C19H16F3N3OS2/c1-2-12-3-7-14(8-4-12)16(26)23-17-24-25-18(28-17)27-11-13-5-9-15(10-6-13)19(20,21)22/h3-10H,2,11H2,1H3,(H,23,24,26). The second kappa shape index (κ2) is 8.74. The number of anilines is 1. The summed E-state index contributed by atoms with van der Waals surface area (Å²) in [6, 6.07) is 12.3. The first-order valence-corrected chi connectivity index (χ1v) is 10.2. The van der Waals surface area contributed by atoms with Gasteiger partial charge in [0.15, 0.2) is 4.34 Å². The van der Waals surface area contributed by atoms with Crippen molar-refractivity contribution >= 4 is 34.1 Å². The SMILES string of the molecule is CCc1ccc(C(=O)Nc2nnc(SCc3ccc(C(F)(F)F)cc3)s2)cc1. The third-order valence-corrected chi connectivity index (χ3v) is 5.94. The molecule has 28 heavy (non-hydrogen) atoms. The number of aryl methyl sites for hydroxylation is 1. The predicted molar refractivity (Wildman–Crippen MR) is 105 cm³/mol. The van der Waals surface area contributed by atoms with Crippen LogP contribution in [-0.2, 0) is 18.3 Å². The van der Waals surface area contributed by atoms with Crippen molar-refractivity contribution in [1.29, 1.82) is 0 Å². The second-order valence-corrected chi connectivity index (χ2v) is 8.06. The number of amides is 1. The van der Waals surface area contributed by atoms with E-state index in [9.17, 15) is 18.0 Å². The zero-order chi connectivity index (χ0) is 20.1. The second-order valence-electron chi connectivity index (χ2n) is 5.86. The van der Waals surface area contributed by atoms with Crippen LogP contribution in [0.3, 0.4) is 0 Å². The van der Waals surface area contributed by atoms with Gasteiger partial charge in [0, 0.05) is 11.3 Å². The van der Waals surface area contributed by atoms with E-state index in [4.69, 9.17) is 0 Å². The minimum absolute atomic E-state index is 0.266. The van der Waals surface area contributed by atoms with Crippen molar-refractivity contribution in [2.75, 3.05) is 5.32 Å². The molecule has 0 aliphatic heterocycles. The Morgan fingerprint density at radius 1 is 1.04 bits per heavy atom. The van der Waals surface area contributed by atoms with E-state index in [1.54, 1.807) is 12.1 Å². The van der Waals surface area contributed by atoms with Crippen LogP contribution in [0.2, 0.25) is 0 Å². The van der Waals surface area contributed by atoms with E-state index in [2.05, 4.69) is 15.5 Å². The summed E-state index contributed by atoms with van der Waals surface area (Å²) in [5.74, 6) is 0.192. The number of hydrogen-bond donors (Lipinski definition) is 1. The zero-order valence-corrected chi connectivity index (χ0v) is 16.4. The average molecular weight is 423 g/mol. The monoisotopic (exact) mass is 423 g/mol. The summed E-state index contributed by atoms with van der Waals surface area (Å²) in [5.41, 5.74) is 1.75. The van der Waals surface area contributed by atoms with Crippen molar-refractivity contribution in [3.8, 4) is 0 Å². The van der Waals surface area contributed by atoms with Gasteiger partial charge >= 0.3 is 6.18 Å². The quantitative estimate of drug-likeness (QED) is 0.410. The van der Waals surface area contributed by atoms with Gasteiger partial charge in [-0.25, -0.2) is 0 Å². The molecule has 4 nitrogen and oxygen atoms in total. The van der Waals surface area contributed by atoms with E-state index >= 15 is 0 Å². The molecule has 0 aliphatic rings. The van der Waals surface area contributed by atoms with Crippen molar-refractivity contribution < 1.29 is 18.0 Å². The first-order chi connectivity index (χ1) is 13.3. The topological polar surface area (TPSA) is 54.9 Å². The number of thioether (sulfide) groups is 1. The van der Waals surface area contributed by atoms with Crippen LogP contribution in [0.15, 0.2) is 52.9 Å². The number of nitrogens with one attached hydrogen (secondary N) is 1. The largest absolute Gasteiger partial charge is 0.416 e. The number of benzene rings is 2. The summed E-state index contributed by atoms with van der Waals surface area (Å²) in [5, 5.41) is 11.0. The van der Waals surface area contributed by atoms with Crippen LogP contribution in [0.4, 0.5) is 18.3 Å². The molecule has 0 spiro atoms. The number of hydrogen-bond acceptors (Lipinski definition) is 5. The summed E-state index contributed by atoms with van der Waals surface area (Å²) in [4.78, 5) is 12.2. The third-order valence-electron chi connectivity index (χ3n) is 3.89.